The number of carbonyl (C=O) groups is 1. The van der Waals surface area contributed by atoms with Gasteiger partial charge in [-0.25, -0.2) is 14.8 Å². The number of amides is 1. The average Bonchev–Trinajstić information content (AvgIpc) is 2.68. The number of H-pyrrole nitrogens is 1. The van der Waals surface area contributed by atoms with Crippen LogP contribution in [0.1, 0.15) is 19.4 Å². The first kappa shape index (κ1) is 22.1. The number of anilines is 1. The lowest BCUT2D eigenvalue weighted by atomic mass is 10.0. The Bertz CT molecular complexity index is 965. The third-order valence-corrected chi connectivity index (χ3v) is 5.11. The summed E-state index contributed by atoms with van der Waals surface area (Å²) in [4.78, 5) is 38.0. The van der Waals surface area contributed by atoms with Gasteiger partial charge in [-0.05, 0) is 21.8 Å². The zero-order chi connectivity index (χ0) is 22.1. The smallest absolute Gasteiger partial charge is 0.409 e. The number of alkyl halides is 3. The Hall–Kier alpha value is -2.63. The van der Waals surface area contributed by atoms with E-state index >= 15 is 0 Å². The van der Waals surface area contributed by atoms with Crippen LogP contribution in [-0.4, -0.2) is 51.6 Å². The number of aromatic amines is 1. The van der Waals surface area contributed by atoms with Gasteiger partial charge in [-0.15, -0.1) is 0 Å². The quantitative estimate of drug-likeness (QED) is 0.711. The molecule has 1 N–H and O–H groups in total. The lowest BCUT2D eigenvalue weighted by molar-refractivity contribution is -0.138. The summed E-state index contributed by atoms with van der Waals surface area (Å²) in [6, 6.07) is 0.246. The molecule has 1 aliphatic heterocycles. The Morgan fingerprint density at radius 1 is 1.30 bits per heavy atom. The molecule has 2 aromatic rings. The van der Waals surface area contributed by atoms with Crippen molar-refractivity contribution < 1.29 is 22.7 Å². The van der Waals surface area contributed by atoms with Crippen molar-refractivity contribution in [3.63, 3.8) is 0 Å². The minimum Gasteiger partial charge on any atom is -0.409 e. The van der Waals surface area contributed by atoms with Crippen molar-refractivity contribution in [1.29, 1.82) is 0 Å². The lowest BCUT2D eigenvalue weighted by Crippen LogP contribution is -2.58. The van der Waals surface area contributed by atoms with E-state index in [9.17, 15) is 22.8 Å². The first-order valence-corrected chi connectivity index (χ1v) is 9.86. The van der Waals surface area contributed by atoms with Gasteiger partial charge in [0, 0.05) is 44.3 Å². The molecule has 0 saturated carbocycles. The van der Waals surface area contributed by atoms with E-state index in [1.807, 2.05) is 23.7 Å². The Labute approximate surface area is 178 Å². The normalized spacial score (nSPS) is 17.4. The molecule has 162 valence electrons. The van der Waals surface area contributed by atoms with E-state index < -0.39 is 23.4 Å². The highest BCUT2D eigenvalue weighted by Gasteiger charge is 2.36. The Balaban J connectivity index is 1.76. The molecule has 1 amide bonds. The maximum atomic E-state index is 12.9. The highest BCUT2D eigenvalue weighted by atomic mass is 79.9. The van der Waals surface area contributed by atoms with Gasteiger partial charge in [-0.2, -0.15) is 13.2 Å². The molecule has 1 unspecified atom stereocenters. The summed E-state index contributed by atoms with van der Waals surface area (Å²) in [6.45, 7) is 5.00. The van der Waals surface area contributed by atoms with Crippen LogP contribution in [0.3, 0.4) is 0 Å². The molecule has 1 atom stereocenters. The van der Waals surface area contributed by atoms with E-state index in [0.717, 1.165) is 10.7 Å². The fourth-order valence-corrected chi connectivity index (χ4v) is 3.36. The number of ether oxygens (including phenoxy) is 1. The number of hydrogen-bond donors (Lipinski definition) is 1. The summed E-state index contributed by atoms with van der Waals surface area (Å²) >= 11 is 3.28. The fraction of sp³-hybridized carbons (Fsp3) is 0.444. The zero-order valence-corrected chi connectivity index (χ0v) is 17.7. The van der Waals surface area contributed by atoms with E-state index in [-0.39, 0.29) is 24.3 Å². The van der Waals surface area contributed by atoms with Crippen LogP contribution in [0.5, 0.6) is 5.75 Å². The highest BCUT2D eigenvalue weighted by Crippen LogP contribution is 2.29. The number of rotatable bonds is 3. The number of halogens is 4. The third-order valence-electron chi connectivity index (χ3n) is 4.70. The minimum absolute atomic E-state index is 0.0390. The monoisotopic (exact) mass is 489 g/mol. The van der Waals surface area contributed by atoms with Crippen molar-refractivity contribution in [2.75, 3.05) is 24.5 Å². The summed E-state index contributed by atoms with van der Waals surface area (Å²) in [5.74, 6) is 0.178. The molecule has 12 heteroatoms. The van der Waals surface area contributed by atoms with E-state index in [2.05, 4.69) is 25.9 Å². The second-order valence-corrected chi connectivity index (χ2v) is 8.01. The predicted molar refractivity (Wildman–Crippen MR) is 105 cm³/mol. The van der Waals surface area contributed by atoms with E-state index in [1.54, 1.807) is 12.4 Å². The van der Waals surface area contributed by atoms with Gasteiger partial charge in [0.2, 0.25) is 5.95 Å². The molecular formula is C18H19BrF3N5O3. The molecule has 0 spiro atoms. The molecule has 8 nitrogen and oxygen atoms in total. The number of aromatic nitrogens is 3. The first-order chi connectivity index (χ1) is 14.1. The van der Waals surface area contributed by atoms with E-state index in [4.69, 9.17) is 4.74 Å². The van der Waals surface area contributed by atoms with E-state index in [0.29, 0.717) is 25.1 Å². The van der Waals surface area contributed by atoms with Crippen LogP contribution in [0.25, 0.3) is 0 Å². The molecule has 1 fully saturated rings. The van der Waals surface area contributed by atoms with Crippen LogP contribution in [-0.2, 0) is 6.18 Å². The standard InChI is InChI=1S/C18H19BrF3N5O3/c1-10(2)14-9-26(16-24-6-11(19)7-25-16)3-4-27(14)17(29)30-12-5-13(18(20,21)22)15(28)23-8-12/h5-8,10,14H,3-4,9H2,1-2H3,(H,23,28). The van der Waals surface area contributed by atoms with Gasteiger partial charge in [0.1, 0.15) is 11.3 Å². The molecule has 3 rings (SSSR count). The summed E-state index contributed by atoms with van der Waals surface area (Å²) < 4.78 is 44.7. The van der Waals surface area contributed by atoms with Crippen molar-refractivity contribution in [3.05, 3.63) is 45.0 Å². The predicted octanol–water partition coefficient (Wildman–Crippen LogP) is 3.29. The fourth-order valence-electron chi connectivity index (χ4n) is 3.15. The number of nitrogens with one attached hydrogen (secondary N) is 1. The van der Waals surface area contributed by atoms with Gasteiger partial charge in [-0.3, -0.25) is 4.79 Å². The topological polar surface area (TPSA) is 91.4 Å². The number of hydrogen-bond acceptors (Lipinski definition) is 6. The Morgan fingerprint density at radius 3 is 2.57 bits per heavy atom. The average molecular weight is 490 g/mol. The van der Waals surface area contributed by atoms with Gasteiger partial charge in [0.15, 0.2) is 0 Å². The molecule has 3 heterocycles. The molecule has 30 heavy (non-hydrogen) atoms. The van der Waals surface area contributed by atoms with Crippen LogP contribution < -0.4 is 15.2 Å². The minimum atomic E-state index is -4.85. The van der Waals surface area contributed by atoms with Gasteiger partial charge in [-0.1, -0.05) is 13.8 Å². The van der Waals surface area contributed by atoms with Crippen LogP contribution in [0, 0.1) is 5.92 Å². The number of nitrogens with zero attached hydrogens (tertiary/aromatic N) is 4. The molecule has 2 aromatic heterocycles. The summed E-state index contributed by atoms with van der Waals surface area (Å²) in [5.41, 5.74) is -2.73. The zero-order valence-electron chi connectivity index (χ0n) is 16.1. The summed E-state index contributed by atoms with van der Waals surface area (Å²) in [7, 11) is 0. The first-order valence-electron chi connectivity index (χ1n) is 9.07. The van der Waals surface area contributed by atoms with Crippen LogP contribution in [0.4, 0.5) is 23.9 Å². The van der Waals surface area contributed by atoms with Crippen molar-refractivity contribution >= 4 is 28.0 Å². The van der Waals surface area contributed by atoms with Crippen molar-refractivity contribution in [2.24, 2.45) is 5.92 Å². The molecule has 0 aromatic carbocycles. The van der Waals surface area contributed by atoms with Gasteiger partial charge >= 0.3 is 12.3 Å². The third kappa shape index (κ3) is 4.91. The van der Waals surface area contributed by atoms with Crippen molar-refractivity contribution in [2.45, 2.75) is 26.1 Å². The Morgan fingerprint density at radius 2 is 1.97 bits per heavy atom. The molecule has 0 radical (unpaired) electrons. The lowest BCUT2D eigenvalue weighted by Gasteiger charge is -2.42. The molecule has 1 aliphatic rings. The van der Waals surface area contributed by atoms with Gasteiger partial charge < -0.3 is 19.5 Å². The molecular weight excluding hydrogens is 471 g/mol. The number of piperazine rings is 1. The maximum Gasteiger partial charge on any atom is 0.421 e. The second-order valence-electron chi connectivity index (χ2n) is 7.10. The highest BCUT2D eigenvalue weighted by molar-refractivity contribution is 9.10. The van der Waals surface area contributed by atoms with Gasteiger partial charge in [0.25, 0.3) is 5.56 Å². The molecule has 0 bridgehead atoms. The van der Waals surface area contributed by atoms with Crippen LogP contribution >= 0.6 is 15.9 Å². The van der Waals surface area contributed by atoms with Gasteiger partial charge in [0.05, 0.1) is 10.5 Å². The largest absolute Gasteiger partial charge is 0.421 e. The Kier molecular flexibility index (Phi) is 6.34. The van der Waals surface area contributed by atoms with Crippen LogP contribution in [0.15, 0.2) is 33.9 Å². The second kappa shape index (κ2) is 8.62. The van der Waals surface area contributed by atoms with E-state index in [1.165, 1.54) is 4.90 Å². The number of carbonyl (C=O) groups excluding carboxylic acids is 1. The molecule has 0 aliphatic carbocycles. The SMILES string of the molecule is CC(C)C1CN(c2ncc(Br)cn2)CCN1C(=O)Oc1c[nH]c(=O)c(C(F)(F)F)c1. The van der Waals surface area contributed by atoms with Crippen molar-refractivity contribution in [3.8, 4) is 5.75 Å². The summed E-state index contributed by atoms with van der Waals surface area (Å²) in [6.07, 6.45) is -1.45. The summed E-state index contributed by atoms with van der Waals surface area (Å²) in [5, 5.41) is 0. The molecule has 1 saturated heterocycles. The van der Waals surface area contributed by atoms with Crippen molar-refractivity contribution in [1.82, 2.24) is 19.9 Å². The maximum absolute atomic E-state index is 12.9. The van der Waals surface area contributed by atoms with Crippen LogP contribution in [0.2, 0.25) is 0 Å². The number of pyridine rings is 1.